The average Bonchev–Trinajstić information content (AvgIpc) is 2.55. The first-order valence-corrected chi connectivity index (χ1v) is 3.99. The van der Waals surface area contributed by atoms with Crippen LogP contribution in [0.1, 0.15) is 6.92 Å². The number of hydrogen-bond acceptors (Lipinski definition) is 4. The van der Waals surface area contributed by atoms with E-state index in [1.54, 1.807) is 6.07 Å². The molecule has 1 atom stereocenters. The number of carbonyl (C=O) groups excluding carboxylic acids is 1. The molecule has 0 aliphatic rings. The highest BCUT2D eigenvalue weighted by Crippen LogP contribution is 2.03. The van der Waals surface area contributed by atoms with Crippen molar-refractivity contribution in [2.24, 2.45) is 0 Å². The van der Waals surface area contributed by atoms with Crippen molar-refractivity contribution < 1.29 is 9.32 Å². The number of nitrogens with zero attached hydrogens (tertiary/aromatic N) is 2. The molecule has 0 aliphatic carbocycles. The third kappa shape index (κ3) is 2.55. The summed E-state index contributed by atoms with van der Waals surface area (Å²) in [5.41, 5.74) is 0. The van der Waals surface area contributed by atoms with Crippen LogP contribution in [0, 0.1) is 0 Å². The zero-order valence-electron chi connectivity index (χ0n) is 7.94. The minimum absolute atomic E-state index is 0.0982. The maximum atomic E-state index is 11.4. The molecule has 1 amide bonds. The molecule has 5 nitrogen and oxygen atoms in total. The standard InChI is InChI=1S/C8H13N3O2/c1-6(11(2)3)8(12)9-7-4-5-13-10-7/h4-6H,1-3H3,(H,9,10,12)/t6-/m0/s1. The lowest BCUT2D eigenvalue weighted by atomic mass is 10.3. The van der Waals surface area contributed by atoms with E-state index < -0.39 is 0 Å². The van der Waals surface area contributed by atoms with Gasteiger partial charge in [-0.15, -0.1) is 0 Å². The molecule has 0 bridgehead atoms. The minimum atomic E-state index is -0.184. The summed E-state index contributed by atoms with van der Waals surface area (Å²) in [5.74, 6) is 0.345. The van der Waals surface area contributed by atoms with Gasteiger partial charge in [-0.05, 0) is 21.0 Å². The van der Waals surface area contributed by atoms with Gasteiger partial charge in [-0.2, -0.15) is 0 Å². The maximum absolute atomic E-state index is 11.4. The Balaban J connectivity index is 2.51. The van der Waals surface area contributed by atoms with Crippen LogP contribution in [-0.4, -0.2) is 36.1 Å². The molecule has 0 aromatic carbocycles. The highest BCUT2D eigenvalue weighted by atomic mass is 16.5. The first kappa shape index (κ1) is 9.73. The number of amides is 1. The molecular weight excluding hydrogens is 170 g/mol. The van der Waals surface area contributed by atoms with E-state index in [4.69, 9.17) is 0 Å². The van der Waals surface area contributed by atoms with Crippen LogP contribution in [0.25, 0.3) is 0 Å². The second-order valence-corrected chi connectivity index (χ2v) is 3.01. The molecule has 0 spiro atoms. The molecule has 1 rings (SSSR count). The lowest BCUT2D eigenvalue weighted by molar-refractivity contribution is -0.119. The molecule has 0 unspecified atom stereocenters. The first-order chi connectivity index (χ1) is 6.11. The lowest BCUT2D eigenvalue weighted by Gasteiger charge is -2.17. The zero-order valence-corrected chi connectivity index (χ0v) is 7.94. The predicted molar refractivity (Wildman–Crippen MR) is 48.3 cm³/mol. The van der Waals surface area contributed by atoms with E-state index in [0.717, 1.165) is 0 Å². The third-order valence-corrected chi connectivity index (χ3v) is 1.84. The molecule has 1 heterocycles. The molecular formula is C8H13N3O2. The average molecular weight is 183 g/mol. The molecule has 13 heavy (non-hydrogen) atoms. The Labute approximate surface area is 76.7 Å². The van der Waals surface area contributed by atoms with Crippen LogP contribution < -0.4 is 5.32 Å². The van der Waals surface area contributed by atoms with E-state index >= 15 is 0 Å². The van der Waals surface area contributed by atoms with Crippen molar-refractivity contribution in [1.82, 2.24) is 10.1 Å². The summed E-state index contributed by atoms with van der Waals surface area (Å²) < 4.78 is 4.58. The predicted octanol–water partition coefficient (Wildman–Crippen LogP) is 0.563. The minimum Gasteiger partial charge on any atom is -0.363 e. The number of hydrogen-bond donors (Lipinski definition) is 1. The molecule has 0 saturated carbocycles. The van der Waals surface area contributed by atoms with Crippen molar-refractivity contribution >= 4 is 11.7 Å². The van der Waals surface area contributed by atoms with E-state index in [-0.39, 0.29) is 11.9 Å². The number of carbonyl (C=O) groups is 1. The largest absolute Gasteiger partial charge is 0.363 e. The van der Waals surface area contributed by atoms with Gasteiger partial charge in [0.2, 0.25) is 5.91 Å². The van der Waals surface area contributed by atoms with Gasteiger partial charge in [-0.1, -0.05) is 5.16 Å². The van der Waals surface area contributed by atoms with Crippen LogP contribution in [0.15, 0.2) is 16.9 Å². The van der Waals surface area contributed by atoms with Crippen LogP contribution in [-0.2, 0) is 4.79 Å². The van der Waals surface area contributed by atoms with Crippen molar-refractivity contribution in [1.29, 1.82) is 0 Å². The molecule has 1 aromatic heterocycles. The second kappa shape index (κ2) is 4.04. The van der Waals surface area contributed by atoms with Crippen molar-refractivity contribution in [3.8, 4) is 0 Å². The van der Waals surface area contributed by atoms with Gasteiger partial charge in [0, 0.05) is 6.07 Å². The monoisotopic (exact) mass is 183 g/mol. The third-order valence-electron chi connectivity index (χ3n) is 1.84. The zero-order chi connectivity index (χ0) is 9.84. The van der Waals surface area contributed by atoms with Gasteiger partial charge in [0.05, 0.1) is 6.04 Å². The van der Waals surface area contributed by atoms with E-state index in [2.05, 4.69) is 15.0 Å². The number of rotatable bonds is 3. The lowest BCUT2D eigenvalue weighted by Crippen LogP contribution is -2.37. The Hall–Kier alpha value is -1.36. The molecule has 0 radical (unpaired) electrons. The molecule has 1 N–H and O–H groups in total. The van der Waals surface area contributed by atoms with E-state index in [1.807, 2.05) is 25.9 Å². The second-order valence-electron chi connectivity index (χ2n) is 3.01. The molecule has 0 aliphatic heterocycles. The molecule has 0 saturated heterocycles. The molecule has 5 heteroatoms. The van der Waals surface area contributed by atoms with Gasteiger partial charge in [-0.3, -0.25) is 9.69 Å². The van der Waals surface area contributed by atoms with E-state index in [0.29, 0.717) is 5.82 Å². The topological polar surface area (TPSA) is 58.4 Å². The van der Waals surface area contributed by atoms with Crippen LogP contribution in [0.2, 0.25) is 0 Å². The fourth-order valence-electron chi connectivity index (χ4n) is 0.742. The van der Waals surface area contributed by atoms with Gasteiger partial charge >= 0.3 is 0 Å². The summed E-state index contributed by atoms with van der Waals surface area (Å²) in [5, 5.41) is 6.19. The first-order valence-electron chi connectivity index (χ1n) is 3.99. The smallest absolute Gasteiger partial charge is 0.242 e. The molecule has 0 fully saturated rings. The summed E-state index contributed by atoms with van der Waals surface area (Å²) in [6, 6.07) is 1.41. The summed E-state index contributed by atoms with van der Waals surface area (Å²) in [6.45, 7) is 1.81. The Kier molecular flexibility index (Phi) is 3.02. The van der Waals surface area contributed by atoms with Crippen LogP contribution >= 0.6 is 0 Å². The quantitative estimate of drug-likeness (QED) is 0.744. The van der Waals surface area contributed by atoms with Gasteiger partial charge in [0.15, 0.2) is 5.82 Å². The Bertz CT molecular complexity index is 269. The Morgan fingerprint density at radius 1 is 1.69 bits per heavy atom. The summed E-state index contributed by atoms with van der Waals surface area (Å²) in [7, 11) is 3.68. The fraction of sp³-hybridized carbons (Fsp3) is 0.500. The summed E-state index contributed by atoms with van der Waals surface area (Å²) >= 11 is 0. The highest BCUT2D eigenvalue weighted by Gasteiger charge is 2.15. The molecule has 1 aromatic rings. The van der Waals surface area contributed by atoms with Crippen molar-refractivity contribution in [3.05, 3.63) is 12.3 Å². The SMILES string of the molecule is C[C@@H](C(=O)Nc1ccon1)N(C)C. The van der Waals surface area contributed by atoms with E-state index in [1.165, 1.54) is 6.26 Å². The number of likely N-dealkylation sites (N-methyl/N-ethyl adjacent to an activating group) is 1. The number of aromatic nitrogens is 1. The van der Waals surface area contributed by atoms with Crippen LogP contribution in [0.3, 0.4) is 0 Å². The van der Waals surface area contributed by atoms with Crippen molar-refractivity contribution in [2.75, 3.05) is 19.4 Å². The number of anilines is 1. The fourth-order valence-corrected chi connectivity index (χ4v) is 0.742. The highest BCUT2D eigenvalue weighted by molar-refractivity contribution is 5.93. The summed E-state index contributed by atoms with van der Waals surface area (Å²) in [4.78, 5) is 13.2. The van der Waals surface area contributed by atoms with E-state index in [9.17, 15) is 4.79 Å². The summed E-state index contributed by atoms with van der Waals surface area (Å²) in [6.07, 6.45) is 1.41. The maximum Gasteiger partial charge on any atom is 0.242 e. The van der Waals surface area contributed by atoms with Gasteiger partial charge in [-0.25, -0.2) is 0 Å². The van der Waals surface area contributed by atoms with Gasteiger partial charge in [0.1, 0.15) is 6.26 Å². The number of nitrogens with one attached hydrogen (secondary N) is 1. The van der Waals surface area contributed by atoms with Gasteiger partial charge in [0.25, 0.3) is 0 Å². The van der Waals surface area contributed by atoms with Crippen molar-refractivity contribution in [2.45, 2.75) is 13.0 Å². The van der Waals surface area contributed by atoms with Crippen LogP contribution in [0.5, 0.6) is 0 Å². The van der Waals surface area contributed by atoms with Crippen LogP contribution in [0.4, 0.5) is 5.82 Å². The Morgan fingerprint density at radius 3 is 2.85 bits per heavy atom. The van der Waals surface area contributed by atoms with Crippen molar-refractivity contribution in [3.63, 3.8) is 0 Å². The Morgan fingerprint density at radius 2 is 2.38 bits per heavy atom. The normalized spacial score (nSPS) is 12.9. The molecule has 72 valence electrons. The van der Waals surface area contributed by atoms with Gasteiger partial charge < -0.3 is 9.84 Å².